The number of pyridine rings is 1. The molecule has 3 rings (SSSR count). The predicted octanol–water partition coefficient (Wildman–Crippen LogP) is 2.54. The first kappa shape index (κ1) is 13.9. The molecule has 6 heteroatoms. The van der Waals surface area contributed by atoms with E-state index in [2.05, 4.69) is 15.3 Å². The van der Waals surface area contributed by atoms with Crippen LogP contribution >= 0.6 is 0 Å². The molecule has 3 aromatic rings. The molecule has 0 spiro atoms. The van der Waals surface area contributed by atoms with Gasteiger partial charge in [-0.25, -0.2) is 4.68 Å². The third kappa shape index (κ3) is 2.58. The van der Waals surface area contributed by atoms with Gasteiger partial charge in [-0.1, -0.05) is 5.21 Å². The Morgan fingerprint density at radius 3 is 2.50 bits per heavy atom. The Morgan fingerprint density at radius 2 is 1.86 bits per heavy atom. The van der Waals surface area contributed by atoms with E-state index in [4.69, 9.17) is 4.74 Å². The van der Waals surface area contributed by atoms with Crippen LogP contribution in [-0.4, -0.2) is 32.9 Å². The monoisotopic (exact) mass is 294 g/mol. The van der Waals surface area contributed by atoms with E-state index in [0.717, 1.165) is 17.0 Å². The number of carbonyl (C=O) groups is 1. The van der Waals surface area contributed by atoms with Crippen molar-refractivity contribution in [3.63, 3.8) is 0 Å². The molecule has 22 heavy (non-hydrogen) atoms. The van der Waals surface area contributed by atoms with Crippen molar-refractivity contribution >= 4 is 6.29 Å². The summed E-state index contributed by atoms with van der Waals surface area (Å²) in [7, 11) is 0. The van der Waals surface area contributed by atoms with Crippen LogP contribution in [0.15, 0.2) is 48.8 Å². The third-order valence-corrected chi connectivity index (χ3v) is 3.15. The lowest BCUT2D eigenvalue weighted by Crippen LogP contribution is -2.00. The number of hydrogen-bond acceptors (Lipinski definition) is 5. The Bertz CT molecular complexity index is 767. The topological polar surface area (TPSA) is 69.9 Å². The molecule has 0 bridgehead atoms. The van der Waals surface area contributed by atoms with Crippen LogP contribution in [0.4, 0.5) is 0 Å². The molecule has 0 aliphatic heterocycles. The minimum Gasteiger partial charge on any atom is -0.494 e. The van der Waals surface area contributed by atoms with E-state index in [-0.39, 0.29) is 0 Å². The van der Waals surface area contributed by atoms with Gasteiger partial charge in [0.05, 0.1) is 12.3 Å². The Balaban J connectivity index is 2.08. The highest BCUT2D eigenvalue weighted by Gasteiger charge is 2.15. The summed E-state index contributed by atoms with van der Waals surface area (Å²) in [6.07, 6.45) is 4.03. The van der Waals surface area contributed by atoms with E-state index in [9.17, 15) is 4.79 Å². The van der Waals surface area contributed by atoms with Crippen molar-refractivity contribution in [3.8, 4) is 22.7 Å². The van der Waals surface area contributed by atoms with Crippen molar-refractivity contribution in [2.45, 2.75) is 6.92 Å². The van der Waals surface area contributed by atoms with Crippen LogP contribution in [0.2, 0.25) is 0 Å². The molecular weight excluding hydrogens is 280 g/mol. The van der Waals surface area contributed by atoms with Gasteiger partial charge in [-0.2, -0.15) is 0 Å². The lowest BCUT2D eigenvalue weighted by molar-refractivity contribution is 0.111. The minimum absolute atomic E-state index is 0.292. The van der Waals surface area contributed by atoms with Gasteiger partial charge in [0, 0.05) is 18.0 Å². The largest absolute Gasteiger partial charge is 0.494 e. The second kappa shape index (κ2) is 6.17. The molecule has 2 aromatic heterocycles. The van der Waals surface area contributed by atoms with E-state index < -0.39 is 0 Å². The number of aromatic nitrogens is 4. The van der Waals surface area contributed by atoms with Crippen molar-refractivity contribution in [2.75, 3.05) is 6.61 Å². The fourth-order valence-electron chi connectivity index (χ4n) is 2.18. The predicted molar refractivity (Wildman–Crippen MR) is 81.1 cm³/mol. The second-order valence-electron chi connectivity index (χ2n) is 4.52. The number of benzene rings is 1. The maximum absolute atomic E-state index is 11.2. The third-order valence-electron chi connectivity index (χ3n) is 3.15. The van der Waals surface area contributed by atoms with Gasteiger partial charge in [0.15, 0.2) is 12.0 Å². The van der Waals surface area contributed by atoms with Gasteiger partial charge in [-0.15, -0.1) is 5.10 Å². The number of carbonyl (C=O) groups excluding carboxylic acids is 1. The quantitative estimate of drug-likeness (QED) is 0.676. The van der Waals surface area contributed by atoms with Gasteiger partial charge >= 0.3 is 0 Å². The van der Waals surface area contributed by atoms with Crippen LogP contribution in [-0.2, 0) is 0 Å². The maximum atomic E-state index is 11.2. The molecule has 0 saturated heterocycles. The smallest absolute Gasteiger partial charge is 0.172 e. The molecule has 110 valence electrons. The first-order chi connectivity index (χ1) is 10.8. The summed E-state index contributed by atoms with van der Waals surface area (Å²) >= 11 is 0. The average molecular weight is 294 g/mol. The van der Waals surface area contributed by atoms with Crippen molar-refractivity contribution in [2.24, 2.45) is 0 Å². The normalized spacial score (nSPS) is 10.4. The summed E-state index contributed by atoms with van der Waals surface area (Å²) in [6, 6.07) is 11.1. The lowest BCUT2D eigenvalue weighted by Gasteiger charge is -2.08. The molecule has 1 aromatic carbocycles. The van der Waals surface area contributed by atoms with Crippen LogP contribution in [0.5, 0.6) is 5.75 Å². The van der Waals surface area contributed by atoms with Crippen LogP contribution in [0.3, 0.4) is 0 Å². The molecule has 2 heterocycles. The number of nitrogens with zero attached hydrogens (tertiary/aromatic N) is 4. The first-order valence-corrected chi connectivity index (χ1v) is 6.88. The van der Waals surface area contributed by atoms with Gasteiger partial charge in [-0.05, 0) is 43.3 Å². The first-order valence-electron chi connectivity index (χ1n) is 6.88. The van der Waals surface area contributed by atoms with Crippen molar-refractivity contribution in [1.82, 2.24) is 20.0 Å². The number of aldehydes is 1. The zero-order valence-electron chi connectivity index (χ0n) is 12.0. The molecule has 0 radical (unpaired) electrons. The highest BCUT2D eigenvalue weighted by Crippen LogP contribution is 2.24. The molecule has 0 aliphatic rings. The Morgan fingerprint density at radius 1 is 1.14 bits per heavy atom. The summed E-state index contributed by atoms with van der Waals surface area (Å²) in [5, 5.41) is 8.02. The zero-order valence-corrected chi connectivity index (χ0v) is 12.0. The molecule has 0 aliphatic carbocycles. The van der Waals surface area contributed by atoms with E-state index in [1.165, 1.54) is 0 Å². The van der Waals surface area contributed by atoms with Crippen molar-refractivity contribution in [1.29, 1.82) is 0 Å². The highest BCUT2D eigenvalue weighted by atomic mass is 16.5. The number of rotatable bonds is 5. The van der Waals surface area contributed by atoms with Gasteiger partial charge in [-0.3, -0.25) is 9.78 Å². The minimum atomic E-state index is 0.292. The van der Waals surface area contributed by atoms with Crippen molar-refractivity contribution < 1.29 is 9.53 Å². The molecule has 0 atom stereocenters. The fraction of sp³-hybridized carbons (Fsp3) is 0.125. The summed E-state index contributed by atoms with van der Waals surface area (Å²) in [6.45, 7) is 2.55. The second-order valence-corrected chi connectivity index (χ2v) is 4.52. The standard InChI is InChI=1S/C16H14N4O2/c1-2-22-14-5-3-13(4-6-14)20-16(15(11-21)18-19-20)12-7-9-17-10-8-12/h3-11H,2H2,1H3. The Kier molecular flexibility index (Phi) is 3.91. The number of ether oxygens (including phenoxy) is 1. The van der Waals surface area contributed by atoms with E-state index in [0.29, 0.717) is 24.3 Å². The molecule has 6 nitrogen and oxygen atoms in total. The molecule has 0 amide bonds. The Hall–Kier alpha value is -3.02. The van der Waals surface area contributed by atoms with Crippen LogP contribution in [0.25, 0.3) is 16.9 Å². The van der Waals surface area contributed by atoms with Crippen molar-refractivity contribution in [3.05, 3.63) is 54.5 Å². The zero-order chi connectivity index (χ0) is 15.4. The summed E-state index contributed by atoms with van der Waals surface area (Å²) < 4.78 is 7.06. The summed E-state index contributed by atoms with van der Waals surface area (Å²) in [5.74, 6) is 0.785. The molecular formula is C16H14N4O2. The fourth-order valence-corrected chi connectivity index (χ4v) is 2.18. The van der Waals surface area contributed by atoms with Crippen LogP contribution < -0.4 is 4.74 Å². The number of hydrogen-bond donors (Lipinski definition) is 0. The van der Waals surface area contributed by atoms with Crippen LogP contribution in [0, 0.1) is 0 Å². The summed E-state index contributed by atoms with van der Waals surface area (Å²) in [5.41, 5.74) is 2.56. The maximum Gasteiger partial charge on any atom is 0.172 e. The van der Waals surface area contributed by atoms with E-state index >= 15 is 0 Å². The van der Waals surface area contributed by atoms with E-state index in [1.807, 2.05) is 43.3 Å². The molecule has 0 unspecified atom stereocenters. The Labute approximate surface area is 127 Å². The van der Waals surface area contributed by atoms with Gasteiger partial charge in [0.1, 0.15) is 11.4 Å². The van der Waals surface area contributed by atoms with Gasteiger partial charge in [0.25, 0.3) is 0 Å². The molecule has 0 N–H and O–H groups in total. The highest BCUT2D eigenvalue weighted by molar-refractivity contribution is 5.83. The van der Waals surface area contributed by atoms with Gasteiger partial charge in [0.2, 0.25) is 0 Å². The molecule has 0 fully saturated rings. The van der Waals surface area contributed by atoms with Gasteiger partial charge < -0.3 is 4.74 Å². The van der Waals surface area contributed by atoms with E-state index in [1.54, 1.807) is 17.1 Å². The average Bonchev–Trinajstić information content (AvgIpc) is 3.00. The van der Waals surface area contributed by atoms with Crippen LogP contribution in [0.1, 0.15) is 17.4 Å². The SMILES string of the molecule is CCOc1ccc(-n2nnc(C=O)c2-c2ccncc2)cc1. The lowest BCUT2D eigenvalue weighted by atomic mass is 10.1. The molecule has 0 saturated carbocycles. The summed E-state index contributed by atoms with van der Waals surface area (Å²) in [4.78, 5) is 15.2.